The highest BCUT2D eigenvalue weighted by atomic mass is 35.5. The first-order valence-corrected chi connectivity index (χ1v) is 8.74. The molecule has 25 heavy (non-hydrogen) atoms. The normalized spacial score (nSPS) is 15.0. The molecule has 0 unspecified atom stereocenters. The predicted octanol–water partition coefficient (Wildman–Crippen LogP) is 3.49. The summed E-state index contributed by atoms with van der Waals surface area (Å²) in [5.74, 6) is 0.987. The summed E-state index contributed by atoms with van der Waals surface area (Å²) < 4.78 is 0. The van der Waals surface area contributed by atoms with Gasteiger partial charge in [0.15, 0.2) is 0 Å². The maximum Gasteiger partial charge on any atom is 0.253 e. The summed E-state index contributed by atoms with van der Waals surface area (Å²) in [4.78, 5) is 24.5. The van der Waals surface area contributed by atoms with E-state index in [4.69, 9.17) is 11.6 Å². The first-order chi connectivity index (χ1) is 12.1. The molecule has 1 amide bonds. The van der Waals surface area contributed by atoms with Crippen LogP contribution in [0.5, 0.6) is 0 Å². The van der Waals surface area contributed by atoms with E-state index in [0.717, 1.165) is 35.6 Å². The number of piperazine rings is 1. The standard InChI is InChI=1S/C19H19ClN4O/c1-13-21-17-7-6-16(12-18(17)22-13)23-8-10-24(11-9-23)19(25)14-2-4-15(20)5-3-14/h2-7,12H,8-11H2,1H3,(H,21,22). The van der Waals surface area contributed by atoms with Gasteiger partial charge in [-0.3, -0.25) is 4.79 Å². The van der Waals surface area contributed by atoms with Gasteiger partial charge in [-0.15, -0.1) is 0 Å². The van der Waals surface area contributed by atoms with E-state index in [1.807, 2.05) is 17.9 Å². The predicted molar refractivity (Wildman–Crippen MR) is 100 cm³/mol. The Balaban J connectivity index is 1.45. The van der Waals surface area contributed by atoms with Crippen LogP contribution in [0, 0.1) is 6.92 Å². The average molecular weight is 355 g/mol. The molecule has 0 aliphatic carbocycles. The zero-order valence-corrected chi connectivity index (χ0v) is 14.8. The molecular formula is C19H19ClN4O. The van der Waals surface area contributed by atoms with E-state index in [1.165, 1.54) is 0 Å². The van der Waals surface area contributed by atoms with E-state index in [-0.39, 0.29) is 5.91 Å². The molecule has 0 atom stereocenters. The molecule has 0 spiro atoms. The van der Waals surface area contributed by atoms with Crippen molar-refractivity contribution in [1.29, 1.82) is 0 Å². The van der Waals surface area contributed by atoms with E-state index < -0.39 is 0 Å². The number of halogens is 1. The van der Waals surface area contributed by atoms with Crippen LogP contribution in [0.4, 0.5) is 5.69 Å². The number of hydrogen-bond donors (Lipinski definition) is 1. The quantitative estimate of drug-likeness (QED) is 0.766. The number of aryl methyl sites for hydroxylation is 1. The van der Waals surface area contributed by atoms with Crippen molar-refractivity contribution in [2.24, 2.45) is 0 Å². The minimum Gasteiger partial charge on any atom is -0.368 e. The Labute approximate surface area is 151 Å². The Morgan fingerprint density at radius 1 is 1.08 bits per heavy atom. The third kappa shape index (κ3) is 3.20. The number of amides is 1. The van der Waals surface area contributed by atoms with Gasteiger partial charge in [-0.25, -0.2) is 4.98 Å². The number of hydrogen-bond acceptors (Lipinski definition) is 3. The van der Waals surface area contributed by atoms with E-state index >= 15 is 0 Å². The van der Waals surface area contributed by atoms with Crippen LogP contribution in [0.15, 0.2) is 42.5 Å². The van der Waals surface area contributed by atoms with Crippen LogP contribution < -0.4 is 4.90 Å². The second-order valence-electron chi connectivity index (χ2n) is 6.31. The van der Waals surface area contributed by atoms with Crippen molar-refractivity contribution in [3.05, 3.63) is 58.9 Å². The van der Waals surface area contributed by atoms with Crippen molar-refractivity contribution in [3.8, 4) is 0 Å². The molecule has 2 aromatic carbocycles. The van der Waals surface area contributed by atoms with Crippen LogP contribution in [0.25, 0.3) is 11.0 Å². The molecular weight excluding hydrogens is 336 g/mol. The number of carbonyl (C=O) groups excluding carboxylic acids is 1. The number of nitrogens with one attached hydrogen (secondary N) is 1. The molecule has 0 saturated carbocycles. The molecule has 1 aliphatic heterocycles. The molecule has 0 bridgehead atoms. The number of anilines is 1. The highest BCUT2D eigenvalue weighted by Gasteiger charge is 2.22. The highest BCUT2D eigenvalue weighted by Crippen LogP contribution is 2.22. The number of H-pyrrole nitrogens is 1. The first kappa shape index (κ1) is 16.0. The second kappa shape index (κ2) is 6.41. The minimum atomic E-state index is 0.0657. The molecule has 128 valence electrons. The Bertz CT molecular complexity index is 911. The first-order valence-electron chi connectivity index (χ1n) is 8.36. The molecule has 1 aliphatic rings. The molecule has 1 aromatic heterocycles. The number of aromatic amines is 1. The molecule has 0 radical (unpaired) electrons. The zero-order chi connectivity index (χ0) is 17.4. The Morgan fingerprint density at radius 2 is 1.80 bits per heavy atom. The number of carbonyl (C=O) groups is 1. The van der Waals surface area contributed by atoms with Crippen LogP contribution in [0.1, 0.15) is 16.2 Å². The SMILES string of the molecule is Cc1nc2ccc(N3CCN(C(=O)c4ccc(Cl)cc4)CC3)cc2[nH]1. The number of nitrogens with zero attached hydrogens (tertiary/aromatic N) is 3. The number of rotatable bonds is 2. The van der Waals surface area contributed by atoms with Gasteiger partial charge in [0.2, 0.25) is 0 Å². The van der Waals surface area contributed by atoms with Gasteiger partial charge in [0, 0.05) is 42.5 Å². The van der Waals surface area contributed by atoms with Crippen molar-refractivity contribution in [2.75, 3.05) is 31.1 Å². The lowest BCUT2D eigenvalue weighted by atomic mass is 10.1. The van der Waals surface area contributed by atoms with Gasteiger partial charge in [0.05, 0.1) is 11.0 Å². The van der Waals surface area contributed by atoms with Gasteiger partial charge in [-0.1, -0.05) is 11.6 Å². The summed E-state index contributed by atoms with van der Waals surface area (Å²) in [6, 6.07) is 13.3. The fourth-order valence-electron chi connectivity index (χ4n) is 3.26. The lowest BCUT2D eigenvalue weighted by molar-refractivity contribution is 0.0747. The highest BCUT2D eigenvalue weighted by molar-refractivity contribution is 6.30. The Hall–Kier alpha value is -2.53. The summed E-state index contributed by atoms with van der Waals surface area (Å²) in [5, 5.41) is 0.644. The van der Waals surface area contributed by atoms with Crippen molar-refractivity contribution < 1.29 is 4.79 Å². The number of imidazole rings is 1. The van der Waals surface area contributed by atoms with Gasteiger partial charge < -0.3 is 14.8 Å². The number of fused-ring (bicyclic) bond motifs is 1. The van der Waals surface area contributed by atoms with E-state index in [0.29, 0.717) is 23.7 Å². The molecule has 2 heterocycles. The summed E-state index contributed by atoms with van der Waals surface area (Å²) in [5.41, 5.74) is 3.88. The molecule has 1 fully saturated rings. The Morgan fingerprint density at radius 3 is 2.52 bits per heavy atom. The van der Waals surface area contributed by atoms with E-state index in [9.17, 15) is 4.79 Å². The van der Waals surface area contributed by atoms with Crippen molar-refractivity contribution in [1.82, 2.24) is 14.9 Å². The van der Waals surface area contributed by atoms with Crippen molar-refractivity contribution >= 4 is 34.2 Å². The summed E-state index contributed by atoms with van der Waals surface area (Å²) in [6.07, 6.45) is 0. The maximum absolute atomic E-state index is 12.6. The molecule has 5 nitrogen and oxygen atoms in total. The summed E-state index contributed by atoms with van der Waals surface area (Å²) in [7, 11) is 0. The third-order valence-corrected chi connectivity index (χ3v) is 4.86. The molecule has 4 rings (SSSR count). The second-order valence-corrected chi connectivity index (χ2v) is 6.75. The summed E-state index contributed by atoms with van der Waals surface area (Å²) >= 11 is 5.89. The number of aromatic nitrogens is 2. The van der Waals surface area contributed by atoms with Gasteiger partial charge >= 0.3 is 0 Å². The largest absolute Gasteiger partial charge is 0.368 e. The van der Waals surface area contributed by atoms with Crippen LogP contribution in [-0.2, 0) is 0 Å². The fourth-order valence-corrected chi connectivity index (χ4v) is 3.39. The van der Waals surface area contributed by atoms with Gasteiger partial charge in [-0.05, 0) is 49.4 Å². The molecule has 3 aromatic rings. The van der Waals surface area contributed by atoms with Crippen molar-refractivity contribution in [2.45, 2.75) is 6.92 Å². The minimum absolute atomic E-state index is 0.0657. The third-order valence-electron chi connectivity index (χ3n) is 4.61. The lowest BCUT2D eigenvalue weighted by Crippen LogP contribution is -2.48. The summed E-state index contributed by atoms with van der Waals surface area (Å²) in [6.45, 7) is 5.01. The monoisotopic (exact) mass is 354 g/mol. The van der Waals surface area contributed by atoms with Gasteiger partial charge in [0.1, 0.15) is 5.82 Å². The van der Waals surface area contributed by atoms with E-state index in [2.05, 4.69) is 27.0 Å². The van der Waals surface area contributed by atoms with Crippen LogP contribution in [0.3, 0.4) is 0 Å². The van der Waals surface area contributed by atoms with E-state index in [1.54, 1.807) is 24.3 Å². The van der Waals surface area contributed by atoms with Crippen molar-refractivity contribution in [3.63, 3.8) is 0 Å². The molecule has 1 N–H and O–H groups in total. The van der Waals surface area contributed by atoms with Gasteiger partial charge in [0.25, 0.3) is 5.91 Å². The number of benzene rings is 2. The Kier molecular flexibility index (Phi) is 4.09. The lowest BCUT2D eigenvalue weighted by Gasteiger charge is -2.36. The zero-order valence-electron chi connectivity index (χ0n) is 14.0. The van der Waals surface area contributed by atoms with Crippen LogP contribution >= 0.6 is 11.6 Å². The average Bonchev–Trinajstić information content (AvgIpc) is 3.01. The molecule has 6 heteroatoms. The van der Waals surface area contributed by atoms with Gasteiger partial charge in [-0.2, -0.15) is 0 Å². The topological polar surface area (TPSA) is 52.2 Å². The fraction of sp³-hybridized carbons (Fsp3) is 0.263. The smallest absolute Gasteiger partial charge is 0.253 e. The molecule has 1 saturated heterocycles. The maximum atomic E-state index is 12.6. The van der Waals surface area contributed by atoms with Crippen LogP contribution in [-0.4, -0.2) is 47.0 Å². The van der Waals surface area contributed by atoms with Crippen LogP contribution in [0.2, 0.25) is 5.02 Å².